The highest BCUT2D eigenvalue weighted by Gasteiger charge is 2.26. The van der Waals surface area contributed by atoms with Crippen LogP contribution in [0.2, 0.25) is 0 Å². The SMILES string of the molecule is CCC(C(=O)O)[C@H](CO)Cc1cncn1C. The highest BCUT2D eigenvalue weighted by molar-refractivity contribution is 5.70. The van der Waals surface area contributed by atoms with Gasteiger partial charge in [-0.15, -0.1) is 0 Å². The van der Waals surface area contributed by atoms with Crippen molar-refractivity contribution in [2.75, 3.05) is 6.61 Å². The molecule has 2 N–H and O–H groups in total. The maximum absolute atomic E-state index is 11.0. The minimum atomic E-state index is -0.844. The van der Waals surface area contributed by atoms with Gasteiger partial charge in [-0.05, 0) is 12.8 Å². The number of imidazole rings is 1. The van der Waals surface area contributed by atoms with E-state index < -0.39 is 11.9 Å². The predicted molar refractivity (Wildman–Crippen MR) is 58.9 cm³/mol. The minimum Gasteiger partial charge on any atom is -0.481 e. The monoisotopic (exact) mass is 226 g/mol. The number of carboxylic acid groups (broad SMARTS) is 1. The molecule has 1 unspecified atom stereocenters. The summed E-state index contributed by atoms with van der Waals surface area (Å²) in [6.45, 7) is 1.71. The number of rotatable bonds is 6. The Morgan fingerprint density at radius 3 is 2.69 bits per heavy atom. The molecule has 1 heterocycles. The van der Waals surface area contributed by atoms with E-state index in [1.54, 1.807) is 12.5 Å². The summed E-state index contributed by atoms with van der Waals surface area (Å²) >= 11 is 0. The Hall–Kier alpha value is -1.36. The van der Waals surface area contributed by atoms with E-state index in [0.717, 1.165) is 5.69 Å². The highest BCUT2D eigenvalue weighted by Crippen LogP contribution is 2.20. The molecule has 90 valence electrons. The number of carbonyl (C=O) groups is 1. The van der Waals surface area contributed by atoms with E-state index in [2.05, 4.69) is 4.98 Å². The van der Waals surface area contributed by atoms with Crippen molar-refractivity contribution in [2.24, 2.45) is 18.9 Å². The third-order valence-corrected chi connectivity index (χ3v) is 2.95. The van der Waals surface area contributed by atoms with Gasteiger partial charge < -0.3 is 14.8 Å². The highest BCUT2D eigenvalue weighted by atomic mass is 16.4. The number of aromatic nitrogens is 2. The number of hydrogen-bond acceptors (Lipinski definition) is 3. The number of aliphatic hydroxyl groups is 1. The topological polar surface area (TPSA) is 75.3 Å². The van der Waals surface area contributed by atoms with E-state index in [4.69, 9.17) is 5.11 Å². The number of aliphatic carboxylic acids is 1. The Kier molecular flexibility index (Phi) is 4.49. The van der Waals surface area contributed by atoms with Gasteiger partial charge in [0.05, 0.1) is 12.2 Å². The van der Waals surface area contributed by atoms with Crippen LogP contribution in [0.5, 0.6) is 0 Å². The lowest BCUT2D eigenvalue weighted by Crippen LogP contribution is -2.28. The lowest BCUT2D eigenvalue weighted by molar-refractivity contribution is -0.144. The van der Waals surface area contributed by atoms with E-state index in [9.17, 15) is 9.90 Å². The van der Waals surface area contributed by atoms with Crippen LogP contribution in [0.4, 0.5) is 0 Å². The minimum absolute atomic E-state index is 0.115. The van der Waals surface area contributed by atoms with E-state index in [1.807, 2.05) is 18.5 Å². The molecule has 0 amide bonds. The van der Waals surface area contributed by atoms with Crippen LogP contribution >= 0.6 is 0 Å². The van der Waals surface area contributed by atoms with Gasteiger partial charge in [-0.1, -0.05) is 6.92 Å². The summed E-state index contributed by atoms with van der Waals surface area (Å²) in [6.07, 6.45) is 4.44. The second kappa shape index (κ2) is 5.65. The van der Waals surface area contributed by atoms with Crippen LogP contribution in [-0.2, 0) is 18.3 Å². The Bertz CT molecular complexity index is 349. The molecule has 0 spiro atoms. The summed E-state index contributed by atoms with van der Waals surface area (Å²) in [4.78, 5) is 15.0. The van der Waals surface area contributed by atoms with Crippen LogP contribution in [0.3, 0.4) is 0 Å². The van der Waals surface area contributed by atoms with Crippen LogP contribution in [0.25, 0.3) is 0 Å². The van der Waals surface area contributed by atoms with Gasteiger partial charge in [-0.2, -0.15) is 0 Å². The molecule has 0 aliphatic rings. The van der Waals surface area contributed by atoms with E-state index in [1.165, 1.54) is 0 Å². The van der Waals surface area contributed by atoms with E-state index in [-0.39, 0.29) is 12.5 Å². The van der Waals surface area contributed by atoms with Gasteiger partial charge >= 0.3 is 5.97 Å². The summed E-state index contributed by atoms with van der Waals surface area (Å²) in [6, 6.07) is 0. The zero-order valence-corrected chi connectivity index (χ0v) is 9.63. The molecule has 5 heteroatoms. The molecular weight excluding hydrogens is 208 g/mol. The van der Waals surface area contributed by atoms with Crippen molar-refractivity contribution in [2.45, 2.75) is 19.8 Å². The second-order valence-electron chi connectivity index (χ2n) is 4.00. The average Bonchev–Trinajstić information content (AvgIpc) is 2.63. The molecule has 1 aromatic rings. The van der Waals surface area contributed by atoms with Crippen LogP contribution in [-0.4, -0.2) is 32.3 Å². The predicted octanol–water partition coefficient (Wildman–Crippen LogP) is 0.682. The van der Waals surface area contributed by atoms with E-state index in [0.29, 0.717) is 12.8 Å². The first kappa shape index (κ1) is 12.7. The van der Waals surface area contributed by atoms with Crippen LogP contribution in [0.1, 0.15) is 19.0 Å². The molecule has 5 nitrogen and oxygen atoms in total. The number of aliphatic hydroxyl groups excluding tert-OH is 1. The van der Waals surface area contributed by atoms with Crippen molar-refractivity contribution >= 4 is 5.97 Å². The number of nitrogens with zero attached hydrogens (tertiary/aromatic N) is 2. The van der Waals surface area contributed by atoms with Gasteiger partial charge in [0.15, 0.2) is 0 Å². The summed E-state index contributed by atoms with van der Waals surface area (Å²) in [5, 5.41) is 18.3. The van der Waals surface area contributed by atoms with Gasteiger partial charge in [0.1, 0.15) is 0 Å². The molecule has 0 aromatic carbocycles. The zero-order chi connectivity index (χ0) is 12.1. The fourth-order valence-corrected chi connectivity index (χ4v) is 1.89. The van der Waals surface area contributed by atoms with Gasteiger partial charge in [-0.3, -0.25) is 4.79 Å². The number of carboxylic acids is 1. The van der Waals surface area contributed by atoms with Crippen LogP contribution in [0.15, 0.2) is 12.5 Å². The lowest BCUT2D eigenvalue weighted by Gasteiger charge is -2.20. The molecule has 1 rings (SSSR count). The average molecular weight is 226 g/mol. The Morgan fingerprint density at radius 2 is 2.31 bits per heavy atom. The van der Waals surface area contributed by atoms with Crippen molar-refractivity contribution in [3.63, 3.8) is 0 Å². The van der Waals surface area contributed by atoms with Gasteiger partial charge in [0.25, 0.3) is 0 Å². The second-order valence-corrected chi connectivity index (χ2v) is 4.00. The molecule has 1 aromatic heterocycles. The molecule has 2 atom stereocenters. The number of hydrogen-bond donors (Lipinski definition) is 2. The fourth-order valence-electron chi connectivity index (χ4n) is 1.89. The first-order valence-corrected chi connectivity index (χ1v) is 5.39. The van der Waals surface area contributed by atoms with Crippen molar-refractivity contribution < 1.29 is 15.0 Å². The van der Waals surface area contributed by atoms with Crippen molar-refractivity contribution in [1.82, 2.24) is 9.55 Å². The fraction of sp³-hybridized carbons (Fsp3) is 0.636. The van der Waals surface area contributed by atoms with Crippen molar-refractivity contribution in [3.05, 3.63) is 18.2 Å². The maximum atomic E-state index is 11.0. The third-order valence-electron chi connectivity index (χ3n) is 2.95. The van der Waals surface area contributed by atoms with E-state index >= 15 is 0 Å². The van der Waals surface area contributed by atoms with Crippen molar-refractivity contribution in [3.8, 4) is 0 Å². The molecule has 0 radical (unpaired) electrons. The third kappa shape index (κ3) is 2.82. The zero-order valence-electron chi connectivity index (χ0n) is 9.63. The molecule has 0 saturated carbocycles. The largest absolute Gasteiger partial charge is 0.481 e. The normalized spacial score (nSPS) is 14.7. The summed E-state index contributed by atoms with van der Waals surface area (Å²) in [5.41, 5.74) is 0.943. The quantitative estimate of drug-likeness (QED) is 0.748. The van der Waals surface area contributed by atoms with Crippen LogP contribution in [0, 0.1) is 11.8 Å². The summed E-state index contributed by atoms with van der Waals surface area (Å²) in [7, 11) is 1.86. The smallest absolute Gasteiger partial charge is 0.306 e. The van der Waals surface area contributed by atoms with Gasteiger partial charge in [0, 0.05) is 31.5 Å². The maximum Gasteiger partial charge on any atom is 0.306 e. The Balaban J connectivity index is 2.75. The first-order valence-electron chi connectivity index (χ1n) is 5.39. The Morgan fingerprint density at radius 1 is 1.62 bits per heavy atom. The first-order chi connectivity index (χ1) is 7.60. The Labute approximate surface area is 94.7 Å². The molecule has 0 bridgehead atoms. The molecule has 0 saturated heterocycles. The summed E-state index contributed by atoms with van der Waals surface area (Å²) < 4.78 is 1.84. The van der Waals surface area contributed by atoms with Gasteiger partial charge in [-0.25, -0.2) is 4.98 Å². The molecule has 0 fully saturated rings. The molecule has 0 aliphatic carbocycles. The standard InChI is InChI=1S/C11H18N2O3/c1-3-10(11(15)16)8(6-14)4-9-5-12-7-13(9)2/h5,7-8,10,14H,3-4,6H2,1-2H3,(H,15,16)/t8-,10?/m0/s1. The molecule has 16 heavy (non-hydrogen) atoms. The number of aryl methyl sites for hydroxylation is 1. The van der Waals surface area contributed by atoms with Gasteiger partial charge in [0.2, 0.25) is 0 Å². The molecule has 0 aliphatic heterocycles. The lowest BCUT2D eigenvalue weighted by atomic mass is 9.87. The van der Waals surface area contributed by atoms with Crippen LogP contribution < -0.4 is 0 Å². The molecular formula is C11H18N2O3. The van der Waals surface area contributed by atoms with Crippen molar-refractivity contribution in [1.29, 1.82) is 0 Å². The summed E-state index contributed by atoms with van der Waals surface area (Å²) in [5.74, 6) is -1.60.